The van der Waals surface area contributed by atoms with Crippen LogP contribution in [0.25, 0.3) is 28.2 Å². The standard InChI is InChI=1S/C30H39N7O/c1-19(2)27-28(33-34-29(27)24-15-20(3)30-31-18-32-37(30)16-24)23-9-7-21(8-10-23)22-11-13-25(14-12-22)36(6)17-26(38)35(4)5/h7-10,15-16,18-19,22,25H,11-14,17H2,1-6H3,(H,33,34). The van der Waals surface area contributed by atoms with Crippen molar-refractivity contribution in [2.45, 2.75) is 64.3 Å². The Labute approximate surface area is 225 Å². The average Bonchev–Trinajstić information content (AvgIpc) is 3.57. The monoisotopic (exact) mass is 513 g/mol. The second-order valence-corrected chi connectivity index (χ2v) is 11.3. The third-order valence-electron chi connectivity index (χ3n) is 8.09. The smallest absolute Gasteiger partial charge is 0.236 e. The number of rotatable bonds is 7. The Morgan fingerprint density at radius 3 is 2.45 bits per heavy atom. The van der Waals surface area contributed by atoms with E-state index in [9.17, 15) is 4.79 Å². The zero-order chi connectivity index (χ0) is 27.0. The lowest BCUT2D eigenvalue weighted by molar-refractivity contribution is -0.130. The molecular formula is C30H39N7O. The maximum absolute atomic E-state index is 12.1. The van der Waals surface area contributed by atoms with Crippen molar-refractivity contribution in [1.82, 2.24) is 34.6 Å². The molecular weight excluding hydrogens is 474 g/mol. The molecule has 0 atom stereocenters. The first kappa shape index (κ1) is 26.1. The summed E-state index contributed by atoms with van der Waals surface area (Å²) in [6.07, 6.45) is 8.15. The summed E-state index contributed by atoms with van der Waals surface area (Å²) in [4.78, 5) is 20.4. The first-order chi connectivity index (χ1) is 18.2. The third-order valence-corrected chi connectivity index (χ3v) is 8.09. The Kier molecular flexibility index (Phi) is 7.34. The van der Waals surface area contributed by atoms with Crippen LogP contribution >= 0.6 is 0 Å². The molecule has 1 aliphatic carbocycles. The Morgan fingerprint density at radius 2 is 1.79 bits per heavy atom. The average molecular weight is 514 g/mol. The van der Waals surface area contributed by atoms with E-state index < -0.39 is 0 Å². The number of aryl methyl sites for hydroxylation is 1. The van der Waals surface area contributed by atoms with Crippen molar-refractivity contribution >= 4 is 11.6 Å². The quantitative estimate of drug-likeness (QED) is 0.364. The van der Waals surface area contributed by atoms with Gasteiger partial charge in [0.15, 0.2) is 5.65 Å². The number of nitrogens with zero attached hydrogens (tertiary/aromatic N) is 6. The minimum absolute atomic E-state index is 0.169. The number of nitrogens with one attached hydrogen (secondary N) is 1. The van der Waals surface area contributed by atoms with E-state index >= 15 is 0 Å². The van der Waals surface area contributed by atoms with Gasteiger partial charge in [-0.05, 0) is 74.2 Å². The highest BCUT2D eigenvalue weighted by molar-refractivity contribution is 5.77. The normalized spacial score (nSPS) is 18.0. The molecule has 8 heteroatoms. The molecule has 8 nitrogen and oxygen atoms in total. The number of amides is 1. The summed E-state index contributed by atoms with van der Waals surface area (Å²) >= 11 is 0. The van der Waals surface area contributed by atoms with E-state index in [0.29, 0.717) is 24.4 Å². The van der Waals surface area contributed by atoms with Crippen molar-refractivity contribution < 1.29 is 4.79 Å². The van der Waals surface area contributed by atoms with Crippen LogP contribution in [0, 0.1) is 6.92 Å². The molecule has 0 radical (unpaired) electrons. The SMILES string of the molecule is Cc1cc(-c2n[nH]c(-c3ccc(C4CCC(N(C)CC(=O)N(C)C)CC4)cc3)c2C(C)C)cn2ncnc12. The Balaban J connectivity index is 1.32. The van der Waals surface area contributed by atoms with Crippen LogP contribution in [0.1, 0.15) is 68.1 Å². The van der Waals surface area contributed by atoms with E-state index in [1.165, 1.54) is 11.1 Å². The predicted molar refractivity (Wildman–Crippen MR) is 151 cm³/mol. The fourth-order valence-corrected chi connectivity index (χ4v) is 5.83. The van der Waals surface area contributed by atoms with Gasteiger partial charge in [-0.15, -0.1) is 0 Å². The number of pyridine rings is 1. The number of carbonyl (C=O) groups is 1. The van der Waals surface area contributed by atoms with Crippen molar-refractivity contribution in [3.8, 4) is 22.5 Å². The van der Waals surface area contributed by atoms with Gasteiger partial charge in [0.25, 0.3) is 0 Å². The van der Waals surface area contributed by atoms with Gasteiger partial charge in [0.05, 0.1) is 17.9 Å². The summed E-state index contributed by atoms with van der Waals surface area (Å²) < 4.78 is 1.82. The number of H-pyrrole nitrogens is 1. The van der Waals surface area contributed by atoms with Crippen LogP contribution in [0.4, 0.5) is 0 Å². The highest BCUT2D eigenvalue weighted by Gasteiger charge is 2.26. The van der Waals surface area contributed by atoms with Crippen LogP contribution in [0.5, 0.6) is 0 Å². The molecule has 3 aromatic heterocycles. The summed E-state index contributed by atoms with van der Waals surface area (Å²) in [5.74, 6) is 1.04. The molecule has 38 heavy (non-hydrogen) atoms. The maximum Gasteiger partial charge on any atom is 0.236 e. The van der Waals surface area contributed by atoms with Crippen LogP contribution in [0.15, 0.2) is 42.9 Å². The number of fused-ring (bicyclic) bond motifs is 1. The van der Waals surface area contributed by atoms with E-state index in [1.54, 1.807) is 11.2 Å². The van der Waals surface area contributed by atoms with Crippen molar-refractivity contribution in [2.75, 3.05) is 27.7 Å². The predicted octanol–water partition coefficient (Wildman–Crippen LogP) is 5.26. The van der Waals surface area contributed by atoms with Gasteiger partial charge < -0.3 is 4.90 Å². The third kappa shape index (κ3) is 5.10. The number of likely N-dealkylation sites (N-methyl/N-ethyl adjacent to an activating group) is 2. The van der Waals surface area contributed by atoms with Crippen LogP contribution in [-0.2, 0) is 4.79 Å². The maximum atomic E-state index is 12.1. The topological polar surface area (TPSA) is 82.4 Å². The van der Waals surface area contributed by atoms with Crippen molar-refractivity contribution in [1.29, 1.82) is 0 Å². The Bertz CT molecular complexity index is 1410. The molecule has 0 aliphatic heterocycles. The number of aromatic amines is 1. The number of hydrogen-bond acceptors (Lipinski definition) is 5. The fourth-order valence-electron chi connectivity index (χ4n) is 5.83. The van der Waals surface area contributed by atoms with Crippen molar-refractivity contribution in [3.05, 3.63) is 59.5 Å². The number of hydrogen-bond donors (Lipinski definition) is 1. The lowest BCUT2D eigenvalue weighted by Gasteiger charge is -2.35. The van der Waals surface area contributed by atoms with Crippen LogP contribution in [0.2, 0.25) is 0 Å². The molecule has 0 saturated heterocycles. The molecule has 1 aliphatic rings. The van der Waals surface area contributed by atoms with Gasteiger partial charge in [0.2, 0.25) is 5.91 Å². The molecule has 1 saturated carbocycles. The number of carbonyl (C=O) groups excluding carboxylic acids is 1. The number of aromatic nitrogens is 5. The molecule has 1 aromatic carbocycles. The first-order valence-corrected chi connectivity index (χ1v) is 13.6. The van der Waals surface area contributed by atoms with Crippen LogP contribution in [0.3, 0.4) is 0 Å². The lowest BCUT2D eigenvalue weighted by Crippen LogP contribution is -2.41. The van der Waals surface area contributed by atoms with Gasteiger partial charge in [-0.25, -0.2) is 9.50 Å². The van der Waals surface area contributed by atoms with Gasteiger partial charge >= 0.3 is 0 Å². The van der Waals surface area contributed by atoms with Gasteiger partial charge in [0, 0.05) is 37.5 Å². The second kappa shape index (κ2) is 10.7. The zero-order valence-corrected chi connectivity index (χ0v) is 23.4. The van der Waals surface area contributed by atoms with Crippen molar-refractivity contribution in [3.63, 3.8) is 0 Å². The van der Waals surface area contributed by atoms with Gasteiger partial charge in [-0.3, -0.25) is 14.8 Å². The summed E-state index contributed by atoms with van der Waals surface area (Å²) in [6.45, 7) is 6.99. The first-order valence-electron chi connectivity index (χ1n) is 13.6. The molecule has 1 fully saturated rings. The second-order valence-electron chi connectivity index (χ2n) is 11.3. The molecule has 0 unspecified atom stereocenters. The van der Waals surface area contributed by atoms with E-state index in [-0.39, 0.29) is 5.91 Å². The molecule has 1 amide bonds. The lowest BCUT2D eigenvalue weighted by atomic mass is 9.81. The molecule has 1 N–H and O–H groups in total. The van der Waals surface area contributed by atoms with Gasteiger partial charge in [-0.1, -0.05) is 38.1 Å². The van der Waals surface area contributed by atoms with Gasteiger partial charge in [0.1, 0.15) is 6.33 Å². The van der Waals surface area contributed by atoms with E-state index in [4.69, 9.17) is 5.10 Å². The molecule has 0 bridgehead atoms. The largest absolute Gasteiger partial charge is 0.348 e. The van der Waals surface area contributed by atoms with Crippen LogP contribution in [-0.4, -0.2) is 74.2 Å². The van der Waals surface area contributed by atoms with E-state index in [1.807, 2.05) is 24.8 Å². The highest BCUT2D eigenvalue weighted by Crippen LogP contribution is 2.38. The highest BCUT2D eigenvalue weighted by atomic mass is 16.2. The molecule has 5 rings (SSSR count). The molecule has 3 heterocycles. The fraction of sp³-hybridized carbons (Fsp3) is 0.467. The molecule has 4 aromatic rings. The van der Waals surface area contributed by atoms with E-state index in [0.717, 1.165) is 59.4 Å². The minimum Gasteiger partial charge on any atom is -0.348 e. The van der Waals surface area contributed by atoms with Gasteiger partial charge in [-0.2, -0.15) is 10.2 Å². The minimum atomic E-state index is 0.169. The van der Waals surface area contributed by atoms with Crippen molar-refractivity contribution in [2.24, 2.45) is 0 Å². The molecule has 0 spiro atoms. The Hall–Kier alpha value is -3.52. The van der Waals surface area contributed by atoms with E-state index in [2.05, 4.69) is 78.2 Å². The van der Waals surface area contributed by atoms with Crippen LogP contribution < -0.4 is 0 Å². The zero-order valence-electron chi connectivity index (χ0n) is 23.4. The molecule has 200 valence electrons. The number of benzene rings is 1. The summed E-state index contributed by atoms with van der Waals surface area (Å²) in [6, 6.07) is 11.7. The summed E-state index contributed by atoms with van der Waals surface area (Å²) in [7, 11) is 5.73. The summed E-state index contributed by atoms with van der Waals surface area (Å²) in [5, 5.41) is 12.4. The summed E-state index contributed by atoms with van der Waals surface area (Å²) in [5.41, 5.74) is 8.80. The Morgan fingerprint density at radius 1 is 1.08 bits per heavy atom.